The van der Waals surface area contributed by atoms with Crippen molar-refractivity contribution >= 4 is 17.9 Å². The Morgan fingerprint density at radius 1 is 1.21 bits per heavy atom. The van der Waals surface area contributed by atoms with Gasteiger partial charge in [0.1, 0.15) is 0 Å². The van der Waals surface area contributed by atoms with Crippen LogP contribution in [0.3, 0.4) is 0 Å². The number of nitrogens with zero attached hydrogens (tertiary/aromatic N) is 1. The number of carbonyl (C=O) groups excluding carboxylic acids is 2. The molecule has 1 heterocycles. The molecular weight excluding hydrogens is 250 g/mol. The smallest absolute Gasteiger partial charge is 0.321 e. The topological polar surface area (TPSA) is 98.7 Å². The highest BCUT2D eigenvalue weighted by atomic mass is 16.4. The molecule has 3 amide bonds. The van der Waals surface area contributed by atoms with Crippen molar-refractivity contribution in [1.82, 2.24) is 15.5 Å². The van der Waals surface area contributed by atoms with Crippen molar-refractivity contribution in [2.24, 2.45) is 0 Å². The fourth-order valence-corrected chi connectivity index (χ4v) is 2.07. The number of nitrogens with one attached hydrogen (secondary N) is 2. The van der Waals surface area contributed by atoms with E-state index >= 15 is 0 Å². The summed E-state index contributed by atoms with van der Waals surface area (Å²) in [5.41, 5.74) is 0. The summed E-state index contributed by atoms with van der Waals surface area (Å²) >= 11 is 0. The fourth-order valence-electron chi connectivity index (χ4n) is 2.07. The lowest BCUT2D eigenvalue weighted by atomic mass is 10.3. The summed E-state index contributed by atoms with van der Waals surface area (Å²) in [6.45, 7) is 4.73. The Morgan fingerprint density at radius 3 is 2.42 bits per heavy atom. The zero-order chi connectivity index (χ0) is 14.3. The van der Waals surface area contributed by atoms with Crippen LogP contribution in [0, 0.1) is 0 Å². The summed E-state index contributed by atoms with van der Waals surface area (Å²) in [7, 11) is 0. The predicted molar refractivity (Wildman–Crippen MR) is 68.7 cm³/mol. The quantitative estimate of drug-likeness (QED) is 0.639. The van der Waals surface area contributed by atoms with Gasteiger partial charge in [0.25, 0.3) is 0 Å². The molecule has 0 saturated carbocycles. The molecule has 0 aromatic carbocycles. The van der Waals surface area contributed by atoms with E-state index in [-0.39, 0.29) is 18.9 Å². The number of urea groups is 1. The Morgan fingerprint density at radius 2 is 1.84 bits per heavy atom. The molecule has 3 N–H and O–H groups in total. The number of hydrogen-bond acceptors (Lipinski definition) is 4. The van der Waals surface area contributed by atoms with Crippen LogP contribution in [-0.2, 0) is 9.59 Å². The lowest BCUT2D eigenvalue weighted by Gasteiger charge is -2.21. The maximum Gasteiger partial charge on any atom is 0.321 e. The minimum absolute atomic E-state index is 0.0506. The molecule has 7 nitrogen and oxygen atoms in total. The van der Waals surface area contributed by atoms with Gasteiger partial charge in [0.05, 0.1) is 6.42 Å². The second-order valence-electron chi connectivity index (χ2n) is 4.82. The molecule has 0 aromatic heterocycles. The zero-order valence-electron chi connectivity index (χ0n) is 11.1. The third-order valence-corrected chi connectivity index (χ3v) is 2.93. The highest BCUT2D eigenvalue weighted by Crippen LogP contribution is 2.07. The molecule has 1 atom stereocenters. The molecule has 1 aliphatic heterocycles. The summed E-state index contributed by atoms with van der Waals surface area (Å²) in [6.07, 6.45) is 1.91. The highest BCUT2D eigenvalue weighted by Gasteiger charge is 2.16. The number of carbonyl (C=O) groups is 3. The van der Waals surface area contributed by atoms with Crippen LogP contribution >= 0.6 is 0 Å². The molecule has 1 fully saturated rings. The van der Waals surface area contributed by atoms with Crippen molar-refractivity contribution in [3.63, 3.8) is 0 Å². The van der Waals surface area contributed by atoms with Gasteiger partial charge in [0.2, 0.25) is 5.91 Å². The zero-order valence-corrected chi connectivity index (χ0v) is 11.1. The van der Waals surface area contributed by atoms with Gasteiger partial charge in [-0.1, -0.05) is 0 Å². The van der Waals surface area contributed by atoms with E-state index in [1.165, 1.54) is 12.8 Å². The Kier molecular flexibility index (Phi) is 6.27. The molecule has 0 radical (unpaired) electrons. The van der Waals surface area contributed by atoms with Gasteiger partial charge < -0.3 is 15.3 Å². The molecule has 7 heteroatoms. The van der Waals surface area contributed by atoms with Gasteiger partial charge in [0.15, 0.2) is 0 Å². The lowest BCUT2D eigenvalue weighted by molar-refractivity contribution is -0.138. The number of amides is 3. The van der Waals surface area contributed by atoms with Gasteiger partial charge in [-0.3, -0.25) is 14.9 Å². The number of carboxylic acid groups (broad SMARTS) is 1. The maximum atomic E-state index is 11.5. The Bertz CT molecular complexity index is 340. The molecule has 108 valence electrons. The van der Waals surface area contributed by atoms with Crippen LogP contribution in [0.1, 0.15) is 32.6 Å². The van der Waals surface area contributed by atoms with Crippen molar-refractivity contribution in [1.29, 1.82) is 0 Å². The van der Waals surface area contributed by atoms with Crippen LogP contribution in [0.4, 0.5) is 4.79 Å². The third-order valence-electron chi connectivity index (χ3n) is 2.93. The largest absolute Gasteiger partial charge is 0.481 e. The van der Waals surface area contributed by atoms with Crippen LogP contribution in [0.15, 0.2) is 0 Å². The van der Waals surface area contributed by atoms with Crippen molar-refractivity contribution in [3.05, 3.63) is 0 Å². The van der Waals surface area contributed by atoms with Crippen molar-refractivity contribution in [3.8, 4) is 0 Å². The molecule has 1 rings (SSSR count). The van der Waals surface area contributed by atoms with Crippen LogP contribution in [0.2, 0.25) is 0 Å². The van der Waals surface area contributed by atoms with Crippen LogP contribution in [0.5, 0.6) is 0 Å². The van der Waals surface area contributed by atoms with Gasteiger partial charge in [-0.05, 0) is 32.9 Å². The first-order valence-corrected chi connectivity index (χ1v) is 6.52. The van der Waals surface area contributed by atoms with Crippen molar-refractivity contribution < 1.29 is 19.5 Å². The van der Waals surface area contributed by atoms with Gasteiger partial charge >= 0.3 is 12.0 Å². The van der Waals surface area contributed by atoms with Crippen LogP contribution < -0.4 is 10.6 Å². The first-order valence-electron chi connectivity index (χ1n) is 6.52. The van der Waals surface area contributed by atoms with Crippen LogP contribution in [-0.4, -0.2) is 53.6 Å². The van der Waals surface area contributed by atoms with Gasteiger partial charge in [-0.25, -0.2) is 4.79 Å². The standard InChI is InChI=1S/C12H21N3O4/c1-9(8-15-6-2-3-7-15)13-12(19)14-10(16)4-5-11(17)18/h9H,2-8H2,1H3,(H,17,18)(H2,13,14,16,19). The molecule has 0 bridgehead atoms. The number of likely N-dealkylation sites (tertiary alicyclic amines) is 1. The molecular formula is C12H21N3O4. The van der Waals surface area contributed by atoms with Gasteiger partial charge in [-0.2, -0.15) is 0 Å². The van der Waals surface area contributed by atoms with E-state index in [0.717, 1.165) is 19.6 Å². The lowest BCUT2D eigenvalue weighted by Crippen LogP contribution is -2.47. The van der Waals surface area contributed by atoms with E-state index in [1.54, 1.807) is 0 Å². The number of hydrogen-bond donors (Lipinski definition) is 3. The average Bonchev–Trinajstić information content (AvgIpc) is 2.78. The normalized spacial score (nSPS) is 16.9. The van der Waals surface area contributed by atoms with E-state index in [4.69, 9.17) is 5.11 Å². The fraction of sp³-hybridized carbons (Fsp3) is 0.750. The number of carboxylic acids is 1. The predicted octanol–water partition coefficient (Wildman–Crippen LogP) is 0.161. The summed E-state index contributed by atoms with van der Waals surface area (Å²) in [5.74, 6) is -1.63. The molecule has 1 unspecified atom stereocenters. The minimum Gasteiger partial charge on any atom is -0.481 e. The van der Waals surface area contributed by atoms with E-state index in [1.807, 2.05) is 6.92 Å². The average molecular weight is 271 g/mol. The van der Waals surface area contributed by atoms with E-state index in [0.29, 0.717) is 0 Å². The van der Waals surface area contributed by atoms with Crippen LogP contribution in [0.25, 0.3) is 0 Å². The SMILES string of the molecule is CC(CN1CCCC1)NC(=O)NC(=O)CCC(=O)O. The number of rotatable bonds is 6. The monoisotopic (exact) mass is 271 g/mol. The first-order chi connectivity index (χ1) is 8.97. The number of aliphatic carboxylic acids is 1. The minimum atomic E-state index is -1.06. The molecule has 0 aliphatic carbocycles. The molecule has 19 heavy (non-hydrogen) atoms. The van der Waals surface area contributed by atoms with E-state index < -0.39 is 17.9 Å². The third kappa shape index (κ3) is 6.76. The van der Waals surface area contributed by atoms with Crippen molar-refractivity contribution in [2.45, 2.75) is 38.6 Å². The Hall–Kier alpha value is -1.63. The maximum absolute atomic E-state index is 11.5. The van der Waals surface area contributed by atoms with Crippen molar-refractivity contribution in [2.75, 3.05) is 19.6 Å². The van der Waals surface area contributed by atoms with Gasteiger partial charge in [-0.15, -0.1) is 0 Å². The summed E-state index contributed by atoms with van der Waals surface area (Å²) < 4.78 is 0. The van der Waals surface area contributed by atoms with Gasteiger partial charge in [0, 0.05) is 19.0 Å². The second kappa shape index (κ2) is 7.73. The Labute approximate surface area is 112 Å². The summed E-state index contributed by atoms with van der Waals surface area (Å²) in [5, 5.41) is 13.2. The molecule has 1 aliphatic rings. The Balaban J connectivity index is 2.18. The summed E-state index contributed by atoms with van der Waals surface area (Å²) in [4.78, 5) is 35.2. The summed E-state index contributed by atoms with van der Waals surface area (Å²) in [6, 6.07) is -0.618. The number of imide groups is 1. The second-order valence-corrected chi connectivity index (χ2v) is 4.82. The highest BCUT2D eigenvalue weighted by molar-refractivity contribution is 5.95. The van der Waals surface area contributed by atoms with E-state index in [2.05, 4.69) is 15.5 Å². The van der Waals surface area contributed by atoms with E-state index in [9.17, 15) is 14.4 Å². The molecule has 1 saturated heterocycles. The first kappa shape index (κ1) is 15.4. The molecule has 0 spiro atoms. The molecule has 0 aromatic rings.